The third-order valence-electron chi connectivity index (χ3n) is 4.17. The van der Waals surface area contributed by atoms with Crippen molar-refractivity contribution in [1.29, 1.82) is 0 Å². The molecule has 2 N–H and O–H groups in total. The van der Waals surface area contributed by atoms with Crippen LogP contribution in [0.1, 0.15) is 69.7 Å². The first-order chi connectivity index (χ1) is 10.8. The highest BCUT2D eigenvalue weighted by molar-refractivity contribution is 5.85. The minimum absolute atomic E-state index is 0. The van der Waals surface area contributed by atoms with E-state index in [2.05, 4.69) is 30.1 Å². The van der Waals surface area contributed by atoms with Crippen LogP contribution in [0.5, 0.6) is 0 Å². The number of benzene rings is 1. The number of fused-ring (bicyclic) bond motifs is 1. The summed E-state index contributed by atoms with van der Waals surface area (Å²) in [6.45, 7) is 2.85. The molecule has 4 heteroatoms. The molecule has 0 aliphatic rings. The van der Waals surface area contributed by atoms with Crippen LogP contribution in [0.15, 0.2) is 22.6 Å². The van der Waals surface area contributed by atoms with E-state index >= 15 is 0 Å². The SMILES string of the molecule is CCCCCCCCCCc1ccc2nc(CCN)oc2c1.Cl. The van der Waals surface area contributed by atoms with Gasteiger partial charge in [-0.1, -0.05) is 57.9 Å². The van der Waals surface area contributed by atoms with Crippen molar-refractivity contribution in [2.75, 3.05) is 6.54 Å². The van der Waals surface area contributed by atoms with E-state index in [0.29, 0.717) is 13.0 Å². The number of unbranched alkanes of at least 4 members (excludes halogenated alkanes) is 7. The number of oxazole rings is 1. The van der Waals surface area contributed by atoms with Crippen LogP contribution in [0.4, 0.5) is 0 Å². The molecule has 1 heterocycles. The summed E-state index contributed by atoms with van der Waals surface area (Å²) in [6.07, 6.45) is 12.7. The Balaban J connectivity index is 0.00000264. The second-order valence-electron chi connectivity index (χ2n) is 6.17. The highest BCUT2D eigenvalue weighted by atomic mass is 35.5. The van der Waals surface area contributed by atoms with Crippen LogP contribution < -0.4 is 5.73 Å². The zero-order chi connectivity index (χ0) is 15.6. The Labute approximate surface area is 146 Å². The zero-order valence-corrected chi connectivity index (χ0v) is 15.2. The van der Waals surface area contributed by atoms with Gasteiger partial charge in [-0.3, -0.25) is 0 Å². The van der Waals surface area contributed by atoms with Crippen LogP contribution in [0, 0.1) is 0 Å². The van der Waals surface area contributed by atoms with Gasteiger partial charge in [-0.05, 0) is 30.5 Å². The lowest BCUT2D eigenvalue weighted by Gasteiger charge is -2.02. The zero-order valence-electron chi connectivity index (χ0n) is 14.4. The molecule has 23 heavy (non-hydrogen) atoms. The van der Waals surface area contributed by atoms with E-state index < -0.39 is 0 Å². The normalized spacial score (nSPS) is 10.9. The van der Waals surface area contributed by atoms with Gasteiger partial charge in [0, 0.05) is 13.0 Å². The Morgan fingerprint density at radius 3 is 2.35 bits per heavy atom. The van der Waals surface area contributed by atoms with Crippen molar-refractivity contribution in [2.45, 2.75) is 71.1 Å². The lowest BCUT2D eigenvalue weighted by atomic mass is 10.0. The van der Waals surface area contributed by atoms with Gasteiger partial charge in [0.05, 0.1) is 0 Å². The molecular weight excluding hydrogens is 308 g/mol. The summed E-state index contributed by atoms with van der Waals surface area (Å²) in [6, 6.07) is 6.39. The lowest BCUT2D eigenvalue weighted by molar-refractivity contribution is 0.530. The van der Waals surface area contributed by atoms with E-state index in [1.165, 1.54) is 56.9 Å². The number of nitrogens with zero attached hydrogens (tertiary/aromatic N) is 1. The first-order valence-electron chi connectivity index (χ1n) is 8.92. The number of hydrogen-bond acceptors (Lipinski definition) is 3. The van der Waals surface area contributed by atoms with Gasteiger partial charge >= 0.3 is 0 Å². The molecular formula is C19H31ClN2O. The van der Waals surface area contributed by atoms with Gasteiger partial charge in [-0.15, -0.1) is 12.4 Å². The maximum atomic E-state index is 5.74. The van der Waals surface area contributed by atoms with Gasteiger partial charge in [0.25, 0.3) is 0 Å². The summed E-state index contributed by atoms with van der Waals surface area (Å²) < 4.78 is 5.74. The molecule has 0 aliphatic carbocycles. The van der Waals surface area contributed by atoms with Crippen LogP contribution >= 0.6 is 12.4 Å². The number of rotatable bonds is 11. The van der Waals surface area contributed by atoms with E-state index in [4.69, 9.17) is 10.2 Å². The van der Waals surface area contributed by atoms with Gasteiger partial charge in [0.15, 0.2) is 11.5 Å². The lowest BCUT2D eigenvalue weighted by Crippen LogP contribution is -2.02. The van der Waals surface area contributed by atoms with Gasteiger partial charge in [-0.2, -0.15) is 0 Å². The monoisotopic (exact) mass is 338 g/mol. The summed E-state index contributed by atoms with van der Waals surface area (Å²) >= 11 is 0. The minimum Gasteiger partial charge on any atom is -0.441 e. The highest BCUT2D eigenvalue weighted by Gasteiger charge is 2.05. The standard InChI is InChI=1S/C19H30N2O.ClH/c1-2-3-4-5-6-7-8-9-10-16-11-12-17-18(15-16)22-19(21-17)13-14-20;/h11-12,15H,2-10,13-14,20H2,1H3;1H. The molecule has 0 amide bonds. The maximum Gasteiger partial charge on any atom is 0.196 e. The predicted octanol–water partition coefficient (Wildman–Crippen LogP) is 5.43. The van der Waals surface area contributed by atoms with Crippen LogP contribution in [0.3, 0.4) is 0 Å². The molecule has 1 aromatic carbocycles. The predicted molar refractivity (Wildman–Crippen MR) is 100 cm³/mol. The van der Waals surface area contributed by atoms with E-state index in [0.717, 1.165) is 23.4 Å². The third kappa shape index (κ3) is 6.92. The minimum atomic E-state index is 0. The molecule has 0 spiro atoms. The Bertz CT molecular complexity index is 553. The first kappa shape index (κ1) is 20.0. The molecule has 0 saturated carbocycles. The van der Waals surface area contributed by atoms with Gasteiger partial charge in [-0.25, -0.2) is 4.98 Å². The molecule has 0 unspecified atom stereocenters. The Morgan fingerprint density at radius 2 is 1.65 bits per heavy atom. The van der Waals surface area contributed by atoms with Crippen molar-refractivity contribution in [3.05, 3.63) is 29.7 Å². The average molecular weight is 339 g/mol. The van der Waals surface area contributed by atoms with Gasteiger partial charge in [0.1, 0.15) is 5.52 Å². The van der Waals surface area contributed by atoms with Crippen LogP contribution in [-0.2, 0) is 12.8 Å². The highest BCUT2D eigenvalue weighted by Crippen LogP contribution is 2.19. The molecule has 0 radical (unpaired) electrons. The first-order valence-corrected chi connectivity index (χ1v) is 8.92. The molecule has 0 fully saturated rings. The van der Waals surface area contributed by atoms with E-state index in [9.17, 15) is 0 Å². The molecule has 0 saturated heterocycles. The molecule has 130 valence electrons. The van der Waals surface area contributed by atoms with Crippen LogP contribution in [0.25, 0.3) is 11.1 Å². The summed E-state index contributed by atoms with van der Waals surface area (Å²) in [7, 11) is 0. The number of aromatic nitrogens is 1. The van der Waals surface area contributed by atoms with Crippen molar-refractivity contribution in [3.63, 3.8) is 0 Å². The fraction of sp³-hybridized carbons (Fsp3) is 0.632. The van der Waals surface area contributed by atoms with Crippen molar-refractivity contribution in [1.82, 2.24) is 4.98 Å². The van der Waals surface area contributed by atoms with Gasteiger partial charge in [0.2, 0.25) is 0 Å². The number of nitrogens with two attached hydrogens (primary N) is 1. The Kier molecular flexibility index (Phi) is 9.97. The van der Waals surface area contributed by atoms with Gasteiger partial charge < -0.3 is 10.2 Å². The van der Waals surface area contributed by atoms with Crippen molar-refractivity contribution in [3.8, 4) is 0 Å². The molecule has 1 aromatic heterocycles. The summed E-state index contributed by atoms with van der Waals surface area (Å²) in [4.78, 5) is 4.44. The fourth-order valence-electron chi connectivity index (χ4n) is 2.87. The maximum absolute atomic E-state index is 5.74. The summed E-state index contributed by atoms with van der Waals surface area (Å²) in [5, 5.41) is 0. The van der Waals surface area contributed by atoms with E-state index in [-0.39, 0.29) is 12.4 Å². The molecule has 0 bridgehead atoms. The molecule has 3 nitrogen and oxygen atoms in total. The molecule has 0 atom stereocenters. The second kappa shape index (κ2) is 11.5. The van der Waals surface area contributed by atoms with Crippen molar-refractivity contribution >= 4 is 23.5 Å². The average Bonchev–Trinajstić information content (AvgIpc) is 2.92. The van der Waals surface area contributed by atoms with Crippen LogP contribution in [0.2, 0.25) is 0 Å². The largest absolute Gasteiger partial charge is 0.441 e. The van der Waals surface area contributed by atoms with E-state index in [1.54, 1.807) is 0 Å². The molecule has 2 rings (SSSR count). The second-order valence-corrected chi connectivity index (χ2v) is 6.17. The number of aryl methyl sites for hydroxylation is 1. The van der Waals surface area contributed by atoms with E-state index in [1.807, 2.05) is 0 Å². The summed E-state index contributed by atoms with van der Waals surface area (Å²) in [5.74, 6) is 0.752. The fourth-order valence-corrected chi connectivity index (χ4v) is 2.87. The van der Waals surface area contributed by atoms with Crippen LogP contribution in [-0.4, -0.2) is 11.5 Å². The quantitative estimate of drug-likeness (QED) is 0.555. The Morgan fingerprint density at radius 1 is 0.957 bits per heavy atom. The summed E-state index contributed by atoms with van der Waals surface area (Å²) in [5.41, 5.74) is 8.75. The Hall–Kier alpha value is -1.06. The third-order valence-corrected chi connectivity index (χ3v) is 4.17. The number of hydrogen-bond donors (Lipinski definition) is 1. The smallest absolute Gasteiger partial charge is 0.196 e. The number of halogens is 1. The molecule has 2 aromatic rings. The van der Waals surface area contributed by atoms with Crippen molar-refractivity contribution in [2.24, 2.45) is 5.73 Å². The topological polar surface area (TPSA) is 52.0 Å². The van der Waals surface area contributed by atoms with Crippen molar-refractivity contribution < 1.29 is 4.42 Å². The molecule has 0 aliphatic heterocycles.